The SMILES string of the molecule is CC[C@@]1(O)C(=O)OCc2c1cc1n(c2=O)Cc2c-1nc1cc(F)c(C)c3c1c2[C@@H](NC(=O)CCCNC(=O)CNC(=O)[C@H](CCc1ccccc1)NC(=O)CNC(=O)CNC(=O)CCCCCCC(=O)ON1C(=O)CCC1=O)CC3. The van der Waals surface area contributed by atoms with Gasteiger partial charge in [-0.2, -0.15) is 0 Å². The number of hydroxylamine groups is 2. The van der Waals surface area contributed by atoms with Crippen LogP contribution in [0.15, 0.2) is 47.3 Å². The van der Waals surface area contributed by atoms with Crippen LogP contribution in [0.25, 0.3) is 22.3 Å². The summed E-state index contributed by atoms with van der Waals surface area (Å²) in [5.74, 6) is -6.41. The number of nitrogens with zero attached hydrogens (tertiary/aromatic N) is 3. The summed E-state index contributed by atoms with van der Waals surface area (Å²) < 4.78 is 22.1. The van der Waals surface area contributed by atoms with Crippen molar-refractivity contribution in [3.63, 3.8) is 0 Å². The summed E-state index contributed by atoms with van der Waals surface area (Å²) in [6.07, 6.45) is 3.73. The van der Waals surface area contributed by atoms with Crippen LogP contribution in [0.1, 0.15) is 135 Å². The fourth-order valence-electron chi connectivity index (χ4n) is 10.5. The predicted molar refractivity (Wildman–Crippen MR) is 281 cm³/mol. The van der Waals surface area contributed by atoms with Crippen molar-refractivity contribution in [2.24, 2.45) is 0 Å². The van der Waals surface area contributed by atoms with E-state index in [4.69, 9.17) is 14.6 Å². The van der Waals surface area contributed by atoms with Gasteiger partial charge in [-0.05, 0) is 86.6 Å². The van der Waals surface area contributed by atoms with Crippen LogP contribution in [0.5, 0.6) is 0 Å². The summed E-state index contributed by atoms with van der Waals surface area (Å²) in [6.45, 7) is 1.78. The number of rotatable bonds is 25. The number of benzene rings is 2. The molecule has 1 saturated heterocycles. The first-order valence-corrected chi connectivity index (χ1v) is 26.9. The second-order valence-electron chi connectivity index (χ2n) is 20.3. The van der Waals surface area contributed by atoms with Crippen molar-refractivity contribution < 1.29 is 67.0 Å². The zero-order chi connectivity index (χ0) is 57.3. The van der Waals surface area contributed by atoms with Gasteiger partial charge in [0.25, 0.3) is 17.4 Å². The molecule has 80 heavy (non-hydrogen) atoms. The van der Waals surface area contributed by atoms with Gasteiger partial charge in [0.2, 0.25) is 35.4 Å². The van der Waals surface area contributed by atoms with E-state index >= 15 is 4.39 Å². The van der Waals surface area contributed by atoms with Crippen LogP contribution in [0.3, 0.4) is 0 Å². The second-order valence-corrected chi connectivity index (χ2v) is 20.3. The second kappa shape index (κ2) is 25.6. The Morgan fingerprint density at radius 2 is 1.48 bits per heavy atom. The lowest BCUT2D eigenvalue weighted by atomic mass is 9.81. The zero-order valence-corrected chi connectivity index (χ0v) is 44.5. The normalized spacial score (nSPS) is 17.1. The fraction of sp³-hybridized carbons (Fsp3) is 0.464. The first-order valence-electron chi connectivity index (χ1n) is 26.9. The van der Waals surface area contributed by atoms with Gasteiger partial charge in [0.15, 0.2) is 5.60 Å². The van der Waals surface area contributed by atoms with Gasteiger partial charge < -0.3 is 51.1 Å². The van der Waals surface area contributed by atoms with Gasteiger partial charge in [-0.25, -0.2) is 19.0 Å². The van der Waals surface area contributed by atoms with Crippen LogP contribution in [0, 0.1) is 12.7 Å². The molecule has 0 bridgehead atoms. The van der Waals surface area contributed by atoms with Crippen molar-refractivity contribution in [2.45, 2.75) is 141 Å². The molecule has 1 aliphatic carbocycles. The van der Waals surface area contributed by atoms with Crippen LogP contribution >= 0.6 is 0 Å². The largest absolute Gasteiger partial charge is 0.458 e. The number of cyclic esters (lactones) is 1. The van der Waals surface area contributed by atoms with E-state index in [0.717, 1.165) is 11.1 Å². The Morgan fingerprint density at radius 3 is 2.21 bits per heavy atom. The van der Waals surface area contributed by atoms with Crippen molar-refractivity contribution in [3.05, 3.63) is 97.6 Å². The first-order chi connectivity index (χ1) is 38.4. The fourth-order valence-corrected chi connectivity index (χ4v) is 10.5. The van der Waals surface area contributed by atoms with Gasteiger partial charge in [-0.1, -0.05) is 50.1 Å². The average Bonchev–Trinajstić information content (AvgIpc) is 4.15. The molecular weight excluding hydrogens is 1040 g/mol. The van der Waals surface area contributed by atoms with Crippen LogP contribution in [0.4, 0.5) is 4.39 Å². The highest BCUT2D eigenvalue weighted by atomic mass is 19.1. The third kappa shape index (κ3) is 13.2. The molecule has 8 rings (SSSR count). The van der Waals surface area contributed by atoms with Crippen molar-refractivity contribution in [3.8, 4) is 11.4 Å². The number of aromatic nitrogens is 2. The summed E-state index contributed by atoms with van der Waals surface area (Å²) in [5.41, 5.74) is 2.31. The molecule has 1 fully saturated rings. The van der Waals surface area contributed by atoms with E-state index in [0.29, 0.717) is 89.0 Å². The summed E-state index contributed by atoms with van der Waals surface area (Å²) in [4.78, 5) is 149. The number of esters is 1. The van der Waals surface area contributed by atoms with E-state index in [1.807, 2.05) is 30.3 Å². The van der Waals surface area contributed by atoms with Crippen LogP contribution < -0.4 is 37.5 Å². The summed E-state index contributed by atoms with van der Waals surface area (Å²) in [5, 5.41) is 28.4. The molecular formula is C56H64FN9O14. The van der Waals surface area contributed by atoms with Crippen molar-refractivity contribution in [1.29, 1.82) is 0 Å². The first kappa shape index (κ1) is 57.8. The van der Waals surface area contributed by atoms with Gasteiger partial charge in [0.05, 0.1) is 54.7 Å². The Labute approximate surface area is 458 Å². The molecule has 5 heterocycles. The molecule has 3 aliphatic heterocycles. The van der Waals surface area contributed by atoms with Crippen molar-refractivity contribution in [2.75, 3.05) is 26.2 Å². The number of hydrogen-bond donors (Lipinski definition) is 7. The molecule has 8 amide bonds. The number of pyridine rings is 2. The minimum Gasteiger partial charge on any atom is -0.458 e. The Kier molecular flexibility index (Phi) is 18.5. The highest BCUT2D eigenvalue weighted by Gasteiger charge is 2.46. The number of hydrogen-bond acceptors (Lipinski definition) is 15. The molecule has 0 spiro atoms. The highest BCUT2D eigenvalue weighted by Crippen LogP contribution is 2.46. The molecule has 3 atom stereocenters. The molecule has 0 saturated carbocycles. The minimum absolute atomic E-state index is 0.00164. The van der Waals surface area contributed by atoms with Gasteiger partial charge in [-0.3, -0.25) is 43.2 Å². The Bertz CT molecular complexity index is 3200. The number of aryl methyl sites for hydroxylation is 2. The number of amides is 8. The zero-order valence-electron chi connectivity index (χ0n) is 44.5. The predicted octanol–water partition coefficient (Wildman–Crippen LogP) is 1.94. The van der Waals surface area contributed by atoms with Crippen LogP contribution in [-0.2, 0) is 89.1 Å². The smallest absolute Gasteiger partial charge is 0.343 e. The molecule has 2 aromatic heterocycles. The third-order valence-electron chi connectivity index (χ3n) is 14.9. The number of carbonyl (C=O) groups excluding carboxylic acids is 10. The van der Waals surface area contributed by atoms with Gasteiger partial charge in [-0.15, -0.1) is 5.06 Å². The van der Waals surface area contributed by atoms with Gasteiger partial charge >= 0.3 is 11.9 Å². The molecule has 2 aromatic carbocycles. The maximum Gasteiger partial charge on any atom is 0.343 e. The standard InChI is InChI=1S/C56H64FN9O14/c1-3-56(78)36-24-41-52-34(29-65(41)54(76)35(36)30-79-55(56)77)51-38(20-18-33-31(2)37(57)25-40(64-52)50(33)51)62-43(68)15-11-23-58-44(69)27-61-53(75)39(19-17-32-12-7-6-8-13-32)63-46(71)28-60-45(70)26-59-42(67)14-9-4-5-10-16-49(74)80-66-47(72)21-22-48(66)73/h6-8,12-13,24-25,38-39,78H,3-5,9-11,14-23,26-30H2,1-2H3,(H,58,69)(H,59,67)(H,60,70)(H,61,75)(H,62,68)(H,63,71)/t38-,39-,56-/m0/s1. The quantitative estimate of drug-likeness (QED) is 0.0250. The number of imide groups is 1. The Balaban J connectivity index is 0.778. The number of unbranched alkanes of at least 4 members (excludes halogenated alkanes) is 3. The van der Waals surface area contributed by atoms with E-state index in [9.17, 15) is 57.8 Å². The van der Waals surface area contributed by atoms with E-state index in [1.165, 1.54) is 10.6 Å². The third-order valence-corrected chi connectivity index (χ3v) is 14.9. The minimum atomic E-state index is -2.04. The van der Waals surface area contributed by atoms with E-state index in [-0.39, 0.29) is 88.1 Å². The van der Waals surface area contributed by atoms with Gasteiger partial charge in [0, 0.05) is 61.2 Å². The van der Waals surface area contributed by atoms with Crippen LogP contribution in [0.2, 0.25) is 0 Å². The Hall–Kier alpha value is -8.41. The van der Waals surface area contributed by atoms with Crippen molar-refractivity contribution >= 4 is 70.1 Å². The molecule has 424 valence electrons. The highest BCUT2D eigenvalue weighted by molar-refractivity contribution is 6.01. The molecule has 23 nitrogen and oxygen atoms in total. The summed E-state index contributed by atoms with van der Waals surface area (Å²) in [6, 6.07) is 10.5. The number of ether oxygens (including phenoxy) is 1. The maximum absolute atomic E-state index is 15.4. The number of aliphatic hydroxyl groups is 1. The lowest BCUT2D eigenvalue weighted by Gasteiger charge is -2.31. The number of fused-ring (bicyclic) bond motifs is 5. The lowest BCUT2D eigenvalue weighted by Crippen LogP contribution is -2.51. The lowest BCUT2D eigenvalue weighted by molar-refractivity contribution is -0.197. The molecule has 0 unspecified atom stereocenters. The molecule has 0 radical (unpaired) electrons. The molecule has 24 heteroatoms. The monoisotopic (exact) mass is 1110 g/mol. The molecule has 4 aliphatic rings. The van der Waals surface area contributed by atoms with E-state index < -0.39 is 102 Å². The number of carbonyl (C=O) groups is 10. The molecule has 4 aromatic rings. The average molecular weight is 1110 g/mol. The number of halogens is 1. The van der Waals surface area contributed by atoms with Crippen molar-refractivity contribution in [1.82, 2.24) is 46.5 Å². The number of nitrogens with one attached hydrogen (secondary N) is 6. The Morgan fingerprint density at radius 1 is 0.800 bits per heavy atom. The van der Waals surface area contributed by atoms with E-state index in [1.54, 1.807) is 19.9 Å². The summed E-state index contributed by atoms with van der Waals surface area (Å²) in [7, 11) is 0. The molecule has 7 N–H and O–H groups in total. The van der Waals surface area contributed by atoms with Gasteiger partial charge in [0.1, 0.15) is 18.5 Å². The maximum atomic E-state index is 15.4. The summed E-state index contributed by atoms with van der Waals surface area (Å²) >= 11 is 0. The van der Waals surface area contributed by atoms with E-state index in [2.05, 4.69) is 31.9 Å². The van der Waals surface area contributed by atoms with Crippen LogP contribution in [-0.4, -0.2) is 111 Å². The topological polar surface area (TPSA) is 320 Å².